The Hall–Kier alpha value is -2.44. The molecule has 0 aliphatic carbocycles. The minimum Gasteiger partial charge on any atom is -0.378 e. The van der Waals surface area contributed by atoms with Crippen molar-refractivity contribution in [3.05, 3.63) is 35.5 Å². The summed E-state index contributed by atoms with van der Waals surface area (Å²) >= 11 is 0. The van der Waals surface area contributed by atoms with Gasteiger partial charge in [-0.1, -0.05) is 18.2 Å². The van der Waals surface area contributed by atoms with E-state index in [4.69, 9.17) is 9.84 Å². The molecular weight excluding hydrogens is 494 g/mol. The molecule has 1 aromatic carbocycles. The van der Waals surface area contributed by atoms with Crippen molar-refractivity contribution in [2.24, 2.45) is 0 Å². The summed E-state index contributed by atoms with van der Waals surface area (Å²) in [5.74, 6) is 0.0720. The van der Waals surface area contributed by atoms with Crippen LogP contribution < -0.4 is 0 Å². The minimum absolute atomic E-state index is 0.00172. The van der Waals surface area contributed by atoms with Crippen LogP contribution in [0, 0.1) is 0 Å². The van der Waals surface area contributed by atoms with Crippen LogP contribution in [0.1, 0.15) is 47.8 Å². The van der Waals surface area contributed by atoms with Gasteiger partial charge in [0.05, 0.1) is 35.6 Å². The first-order valence-corrected chi connectivity index (χ1v) is 15.0. The number of nitrogens with zero attached hydrogens (tertiary/aromatic N) is 5. The number of benzene rings is 1. The normalized spacial score (nSPS) is 24.6. The van der Waals surface area contributed by atoms with E-state index in [2.05, 4.69) is 4.90 Å². The minimum atomic E-state index is -3.09. The second-order valence-electron chi connectivity index (χ2n) is 10.4. The van der Waals surface area contributed by atoms with Crippen LogP contribution in [0.2, 0.25) is 0 Å². The molecule has 2 aromatic rings. The number of fused-ring (bicyclic) bond motifs is 3. The lowest BCUT2D eigenvalue weighted by molar-refractivity contribution is -0.127. The molecule has 5 heterocycles. The van der Waals surface area contributed by atoms with Gasteiger partial charge in [-0.15, -0.1) is 0 Å². The molecule has 6 rings (SSSR count). The molecule has 3 fully saturated rings. The fraction of sp³-hybridized carbons (Fsp3) is 0.577. The Morgan fingerprint density at radius 1 is 1.08 bits per heavy atom. The fourth-order valence-electron chi connectivity index (χ4n) is 6.11. The molecule has 4 aliphatic heterocycles. The first-order valence-electron chi connectivity index (χ1n) is 13.3. The van der Waals surface area contributed by atoms with Gasteiger partial charge in [0.15, 0.2) is 5.69 Å². The molecule has 1 aromatic heterocycles. The summed E-state index contributed by atoms with van der Waals surface area (Å²) in [6.07, 6.45) is 3.52. The number of likely N-dealkylation sites (tertiary alicyclic amines) is 2. The topological polar surface area (TPSA) is 111 Å². The number of carbonyl (C=O) groups is 2. The smallest absolute Gasteiger partial charge is 0.274 e. The van der Waals surface area contributed by atoms with Gasteiger partial charge in [-0.3, -0.25) is 28.3 Å². The van der Waals surface area contributed by atoms with Gasteiger partial charge >= 0.3 is 0 Å². The molecule has 11 heteroatoms. The molecule has 1 unspecified atom stereocenters. The number of morpholine rings is 1. The number of amides is 2. The Morgan fingerprint density at radius 2 is 1.89 bits per heavy atom. The largest absolute Gasteiger partial charge is 0.378 e. The van der Waals surface area contributed by atoms with Crippen LogP contribution >= 0.6 is 10.6 Å². The third kappa shape index (κ3) is 4.67. The Morgan fingerprint density at radius 3 is 2.68 bits per heavy atom. The van der Waals surface area contributed by atoms with Crippen molar-refractivity contribution in [3.8, 4) is 11.3 Å². The van der Waals surface area contributed by atoms with Gasteiger partial charge in [-0.25, -0.2) is 0 Å². The van der Waals surface area contributed by atoms with E-state index in [1.807, 2.05) is 27.8 Å². The van der Waals surface area contributed by atoms with Gasteiger partial charge in [0.25, 0.3) is 5.91 Å². The molecule has 37 heavy (non-hydrogen) atoms. The zero-order valence-electron chi connectivity index (χ0n) is 21.0. The van der Waals surface area contributed by atoms with Crippen molar-refractivity contribution in [1.29, 1.82) is 0 Å². The van der Waals surface area contributed by atoms with Crippen molar-refractivity contribution in [3.63, 3.8) is 0 Å². The van der Waals surface area contributed by atoms with Crippen molar-refractivity contribution >= 4 is 22.4 Å². The fourth-order valence-corrected chi connectivity index (χ4v) is 7.75. The molecule has 0 bridgehead atoms. The predicted octanol–water partition coefficient (Wildman–Crippen LogP) is 2.90. The van der Waals surface area contributed by atoms with Gasteiger partial charge in [0.1, 0.15) is 0 Å². The van der Waals surface area contributed by atoms with Crippen LogP contribution in [0.3, 0.4) is 0 Å². The maximum atomic E-state index is 13.6. The second-order valence-corrected chi connectivity index (χ2v) is 12.5. The maximum Gasteiger partial charge on any atom is 0.274 e. The number of hydrogen-bond acceptors (Lipinski definition) is 7. The lowest BCUT2D eigenvalue weighted by Crippen LogP contribution is -2.42. The first-order chi connectivity index (χ1) is 17.9. The molecule has 0 radical (unpaired) electrons. The standard InChI is InChI=1S/C26H35N5O5S/c32-23-8-4-10-29(23)12-11-28-9-3-5-19(17-28)31-25-20-6-1-2-7-22(20)37(34,35)18-21(25)24(27-31)26(33)30-13-15-36-16-14-30/h1-2,6-7,19,34-35H,3-5,8-18H2. The Bertz CT molecular complexity index is 1190. The third-order valence-electron chi connectivity index (χ3n) is 8.03. The van der Waals surface area contributed by atoms with E-state index in [0.717, 1.165) is 63.2 Å². The monoisotopic (exact) mass is 529 g/mol. The van der Waals surface area contributed by atoms with E-state index in [0.29, 0.717) is 48.9 Å². The van der Waals surface area contributed by atoms with Crippen molar-refractivity contribution in [2.75, 3.05) is 59.0 Å². The quantitative estimate of drug-likeness (QED) is 0.613. The molecule has 0 spiro atoms. The van der Waals surface area contributed by atoms with E-state index >= 15 is 0 Å². The number of aromatic nitrogens is 2. The van der Waals surface area contributed by atoms with E-state index in [1.54, 1.807) is 11.0 Å². The molecule has 10 nitrogen and oxygen atoms in total. The molecule has 1 atom stereocenters. The number of carbonyl (C=O) groups excluding carboxylic acids is 2. The summed E-state index contributed by atoms with van der Waals surface area (Å²) in [6, 6.07) is 7.44. The molecule has 0 saturated carbocycles. The van der Waals surface area contributed by atoms with Gasteiger partial charge in [0, 0.05) is 56.8 Å². The lowest BCUT2D eigenvalue weighted by Gasteiger charge is -2.39. The zero-order valence-corrected chi connectivity index (χ0v) is 21.9. The van der Waals surface area contributed by atoms with Crippen LogP contribution in [0.5, 0.6) is 0 Å². The highest BCUT2D eigenvalue weighted by molar-refractivity contribution is 8.23. The summed E-state index contributed by atoms with van der Waals surface area (Å²) in [4.78, 5) is 32.3. The molecule has 200 valence electrons. The maximum absolute atomic E-state index is 13.6. The summed E-state index contributed by atoms with van der Waals surface area (Å²) in [5, 5.41) is 4.92. The highest BCUT2D eigenvalue weighted by atomic mass is 32.3. The Labute approximate surface area is 218 Å². The predicted molar refractivity (Wildman–Crippen MR) is 140 cm³/mol. The number of piperidine rings is 1. The van der Waals surface area contributed by atoms with Crippen LogP contribution in [0.25, 0.3) is 11.3 Å². The van der Waals surface area contributed by atoms with Gasteiger partial charge < -0.3 is 14.5 Å². The van der Waals surface area contributed by atoms with E-state index in [1.165, 1.54) is 0 Å². The highest BCUT2D eigenvalue weighted by Gasteiger charge is 2.39. The van der Waals surface area contributed by atoms with Crippen LogP contribution in [0.15, 0.2) is 29.2 Å². The summed E-state index contributed by atoms with van der Waals surface area (Å²) in [5.41, 5.74) is 2.54. The lowest BCUT2D eigenvalue weighted by atomic mass is 10.0. The molecule has 3 saturated heterocycles. The average molecular weight is 530 g/mol. The van der Waals surface area contributed by atoms with Crippen LogP contribution in [0.4, 0.5) is 0 Å². The first kappa shape index (κ1) is 24.9. The summed E-state index contributed by atoms with van der Waals surface area (Å²) in [7, 11) is -3.09. The van der Waals surface area contributed by atoms with Gasteiger partial charge in [-0.05, 0) is 31.9 Å². The van der Waals surface area contributed by atoms with E-state index in [-0.39, 0.29) is 23.6 Å². The Balaban J connectivity index is 1.34. The third-order valence-corrected chi connectivity index (χ3v) is 9.79. The second kappa shape index (κ2) is 10.0. The van der Waals surface area contributed by atoms with E-state index < -0.39 is 10.6 Å². The summed E-state index contributed by atoms with van der Waals surface area (Å²) < 4.78 is 29.5. The highest BCUT2D eigenvalue weighted by Crippen LogP contribution is 2.60. The van der Waals surface area contributed by atoms with Crippen molar-refractivity contribution in [1.82, 2.24) is 24.5 Å². The van der Waals surface area contributed by atoms with Crippen molar-refractivity contribution in [2.45, 2.75) is 42.4 Å². The van der Waals surface area contributed by atoms with Gasteiger partial charge in [0.2, 0.25) is 5.91 Å². The Kier molecular flexibility index (Phi) is 6.74. The number of ether oxygens (including phenoxy) is 1. The average Bonchev–Trinajstić information content (AvgIpc) is 3.50. The molecular formula is C26H35N5O5S. The molecule has 4 aliphatic rings. The van der Waals surface area contributed by atoms with Crippen molar-refractivity contribution < 1.29 is 23.4 Å². The SMILES string of the molecule is O=C1CCCN1CCN1CCCC(n2nc(C(=O)N3CCOCC3)c3c2-c2ccccc2S(O)(O)C3)C1. The van der Waals surface area contributed by atoms with E-state index in [9.17, 15) is 18.7 Å². The molecule has 2 amide bonds. The summed E-state index contributed by atoms with van der Waals surface area (Å²) in [6.45, 7) is 6.14. The number of hydrogen-bond donors (Lipinski definition) is 2. The number of rotatable bonds is 5. The van der Waals surface area contributed by atoms with Crippen LogP contribution in [-0.2, 0) is 15.3 Å². The molecule has 2 N–H and O–H groups in total. The van der Waals surface area contributed by atoms with Gasteiger partial charge in [-0.2, -0.15) is 15.7 Å². The zero-order chi connectivity index (χ0) is 25.6. The van der Waals surface area contributed by atoms with Crippen LogP contribution in [-0.4, -0.2) is 104 Å².